The fourth-order valence-corrected chi connectivity index (χ4v) is 3.44. The normalized spacial score (nSPS) is 13.7. The van der Waals surface area contributed by atoms with Crippen LogP contribution in [0.2, 0.25) is 5.02 Å². The van der Waals surface area contributed by atoms with E-state index in [2.05, 4.69) is 15.5 Å². The van der Waals surface area contributed by atoms with E-state index in [0.717, 1.165) is 41.2 Å². The standard InChI is InChI=1S/C20H21ClN4O2/c1-12-8-13(2)25(18(12)20-23-19(24-27-20)15-6-7-15)11-17(26)22-10-14-4-3-5-16(21)9-14/h3-5,8-9,15H,6-7,10-11H2,1-2H3,(H,22,26). The Morgan fingerprint density at radius 3 is 2.89 bits per heavy atom. The van der Waals surface area contributed by atoms with E-state index in [0.29, 0.717) is 23.4 Å². The van der Waals surface area contributed by atoms with Crippen LogP contribution in [0, 0.1) is 13.8 Å². The molecule has 1 aliphatic rings. The molecule has 1 N–H and O–H groups in total. The molecule has 2 aromatic heterocycles. The van der Waals surface area contributed by atoms with Crippen LogP contribution < -0.4 is 5.32 Å². The molecule has 0 bridgehead atoms. The average Bonchev–Trinajstić information content (AvgIpc) is 3.30. The predicted octanol–water partition coefficient (Wildman–Crippen LogP) is 4.00. The molecule has 6 nitrogen and oxygen atoms in total. The molecule has 0 unspecified atom stereocenters. The molecule has 1 aromatic carbocycles. The van der Waals surface area contributed by atoms with Crippen molar-refractivity contribution in [1.82, 2.24) is 20.0 Å². The van der Waals surface area contributed by atoms with Crippen LogP contribution >= 0.6 is 11.6 Å². The Morgan fingerprint density at radius 1 is 1.33 bits per heavy atom. The van der Waals surface area contributed by atoms with Crippen LogP contribution in [0.4, 0.5) is 0 Å². The lowest BCUT2D eigenvalue weighted by Crippen LogP contribution is -2.27. The van der Waals surface area contributed by atoms with Gasteiger partial charge in [-0.25, -0.2) is 0 Å². The zero-order valence-electron chi connectivity index (χ0n) is 15.3. The van der Waals surface area contributed by atoms with Crippen molar-refractivity contribution in [2.75, 3.05) is 0 Å². The maximum absolute atomic E-state index is 12.5. The predicted molar refractivity (Wildman–Crippen MR) is 102 cm³/mol. The van der Waals surface area contributed by atoms with Crippen molar-refractivity contribution >= 4 is 17.5 Å². The Hall–Kier alpha value is -2.60. The summed E-state index contributed by atoms with van der Waals surface area (Å²) in [6, 6.07) is 9.48. The van der Waals surface area contributed by atoms with E-state index in [4.69, 9.17) is 16.1 Å². The summed E-state index contributed by atoms with van der Waals surface area (Å²) in [4.78, 5) is 17.1. The molecule has 27 heavy (non-hydrogen) atoms. The monoisotopic (exact) mass is 384 g/mol. The smallest absolute Gasteiger partial charge is 0.274 e. The number of aromatic nitrogens is 3. The minimum Gasteiger partial charge on any atom is -0.350 e. The van der Waals surface area contributed by atoms with Gasteiger partial charge >= 0.3 is 0 Å². The summed E-state index contributed by atoms with van der Waals surface area (Å²) in [5.41, 5.74) is 3.76. The molecule has 7 heteroatoms. The van der Waals surface area contributed by atoms with Gasteiger partial charge in [-0.15, -0.1) is 0 Å². The number of hydrogen-bond acceptors (Lipinski definition) is 4. The second-order valence-corrected chi connectivity index (χ2v) is 7.48. The molecule has 2 heterocycles. The number of benzene rings is 1. The molecule has 0 saturated heterocycles. The van der Waals surface area contributed by atoms with E-state index < -0.39 is 0 Å². The lowest BCUT2D eigenvalue weighted by Gasteiger charge is -2.11. The summed E-state index contributed by atoms with van der Waals surface area (Å²) in [7, 11) is 0. The van der Waals surface area contributed by atoms with Crippen molar-refractivity contribution in [3.05, 3.63) is 58.0 Å². The molecule has 0 spiro atoms. The van der Waals surface area contributed by atoms with Crippen molar-refractivity contribution in [1.29, 1.82) is 0 Å². The van der Waals surface area contributed by atoms with E-state index in [-0.39, 0.29) is 12.5 Å². The third kappa shape index (κ3) is 3.90. The fraction of sp³-hybridized carbons (Fsp3) is 0.350. The van der Waals surface area contributed by atoms with E-state index >= 15 is 0 Å². The highest BCUT2D eigenvalue weighted by Gasteiger charge is 2.30. The maximum Gasteiger partial charge on any atom is 0.274 e. The SMILES string of the molecule is Cc1cc(C)n(CC(=O)NCc2cccc(Cl)c2)c1-c1nc(C2CC2)no1. The summed E-state index contributed by atoms with van der Waals surface area (Å²) < 4.78 is 7.41. The first-order valence-electron chi connectivity index (χ1n) is 9.03. The molecular formula is C20H21ClN4O2. The van der Waals surface area contributed by atoms with E-state index in [1.807, 2.05) is 48.7 Å². The second-order valence-electron chi connectivity index (χ2n) is 7.04. The molecule has 1 saturated carbocycles. The average molecular weight is 385 g/mol. The highest BCUT2D eigenvalue weighted by atomic mass is 35.5. The number of carbonyl (C=O) groups excluding carboxylic acids is 1. The van der Waals surface area contributed by atoms with Gasteiger partial charge in [0.15, 0.2) is 5.82 Å². The number of carbonyl (C=O) groups is 1. The highest BCUT2D eigenvalue weighted by molar-refractivity contribution is 6.30. The third-order valence-corrected chi connectivity index (χ3v) is 5.00. The van der Waals surface area contributed by atoms with Gasteiger partial charge < -0.3 is 14.4 Å². The number of rotatable bonds is 6. The van der Waals surface area contributed by atoms with E-state index in [1.165, 1.54) is 0 Å². The molecule has 0 radical (unpaired) electrons. The summed E-state index contributed by atoms with van der Waals surface area (Å²) in [5.74, 6) is 1.58. The van der Waals surface area contributed by atoms with Crippen LogP contribution in [-0.4, -0.2) is 20.6 Å². The Morgan fingerprint density at radius 2 is 2.15 bits per heavy atom. The van der Waals surface area contributed by atoms with E-state index in [9.17, 15) is 4.79 Å². The van der Waals surface area contributed by atoms with Crippen molar-refractivity contribution in [3.8, 4) is 11.6 Å². The highest BCUT2D eigenvalue weighted by Crippen LogP contribution is 2.39. The molecule has 1 aliphatic carbocycles. The van der Waals surface area contributed by atoms with Gasteiger partial charge in [-0.2, -0.15) is 4.98 Å². The topological polar surface area (TPSA) is 73.0 Å². The molecule has 0 atom stereocenters. The fourth-order valence-electron chi connectivity index (χ4n) is 3.22. The number of aryl methyl sites for hydroxylation is 2. The Balaban J connectivity index is 1.50. The quantitative estimate of drug-likeness (QED) is 0.697. The van der Waals surface area contributed by atoms with Crippen LogP contribution in [-0.2, 0) is 17.9 Å². The van der Waals surface area contributed by atoms with Crippen LogP contribution in [0.15, 0.2) is 34.9 Å². The molecule has 1 amide bonds. The Bertz CT molecular complexity index is 988. The molecule has 140 valence electrons. The minimum absolute atomic E-state index is 0.0862. The van der Waals surface area contributed by atoms with Gasteiger partial charge in [-0.05, 0) is 56.0 Å². The summed E-state index contributed by atoms with van der Waals surface area (Å²) in [6.45, 7) is 4.58. The van der Waals surface area contributed by atoms with Gasteiger partial charge in [-0.1, -0.05) is 28.9 Å². The first-order valence-corrected chi connectivity index (χ1v) is 9.41. The lowest BCUT2D eigenvalue weighted by molar-refractivity contribution is -0.121. The second kappa shape index (κ2) is 7.19. The Labute approximate surface area is 162 Å². The van der Waals surface area contributed by atoms with Gasteiger partial charge in [0, 0.05) is 23.2 Å². The van der Waals surface area contributed by atoms with Crippen LogP contribution in [0.5, 0.6) is 0 Å². The minimum atomic E-state index is -0.0862. The van der Waals surface area contributed by atoms with Crippen LogP contribution in [0.1, 0.15) is 41.4 Å². The van der Waals surface area contributed by atoms with Gasteiger partial charge in [0.2, 0.25) is 5.91 Å². The summed E-state index contributed by atoms with van der Waals surface area (Å²) >= 11 is 5.99. The van der Waals surface area contributed by atoms with Gasteiger partial charge in [0.25, 0.3) is 5.89 Å². The van der Waals surface area contributed by atoms with Gasteiger partial charge in [-0.3, -0.25) is 4.79 Å². The largest absolute Gasteiger partial charge is 0.350 e. The zero-order valence-corrected chi connectivity index (χ0v) is 16.1. The van der Waals surface area contributed by atoms with Gasteiger partial charge in [0.05, 0.1) is 0 Å². The summed E-state index contributed by atoms with van der Waals surface area (Å²) in [6.07, 6.45) is 2.23. The molecular weight excluding hydrogens is 364 g/mol. The van der Waals surface area contributed by atoms with Gasteiger partial charge in [0.1, 0.15) is 12.2 Å². The molecule has 4 rings (SSSR count). The molecule has 1 fully saturated rings. The van der Waals surface area contributed by atoms with E-state index in [1.54, 1.807) is 0 Å². The maximum atomic E-state index is 12.5. The number of nitrogens with one attached hydrogen (secondary N) is 1. The van der Waals surface area contributed by atoms with Crippen molar-refractivity contribution in [3.63, 3.8) is 0 Å². The molecule has 0 aliphatic heterocycles. The first kappa shape index (κ1) is 17.8. The van der Waals surface area contributed by atoms with Crippen molar-refractivity contribution in [2.24, 2.45) is 0 Å². The zero-order chi connectivity index (χ0) is 19.0. The first-order chi connectivity index (χ1) is 13.0. The number of halogens is 1. The third-order valence-electron chi connectivity index (χ3n) is 4.76. The lowest BCUT2D eigenvalue weighted by atomic mass is 10.2. The van der Waals surface area contributed by atoms with Crippen molar-refractivity contribution in [2.45, 2.75) is 45.7 Å². The van der Waals surface area contributed by atoms with Crippen LogP contribution in [0.3, 0.4) is 0 Å². The number of amides is 1. The number of hydrogen-bond donors (Lipinski definition) is 1. The Kier molecular flexibility index (Phi) is 4.74. The van der Waals surface area contributed by atoms with Crippen LogP contribution in [0.25, 0.3) is 11.6 Å². The van der Waals surface area contributed by atoms with Crippen molar-refractivity contribution < 1.29 is 9.32 Å². The summed E-state index contributed by atoms with van der Waals surface area (Å²) in [5, 5.41) is 7.69. The molecule has 3 aromatic rings. The number of nitrogens with zero attached hydrogens (tertiary/aromatic N) is 3.